The number of benzene rings is 6. The first-order valence-electron chi connectivity index (χ1n) is 26.3. The molecular formula is C63H68O14. The lowest BCUT2D eigenvalue weighted by molar-refractivity contribution is -0.144. The fraction of sp³-hybridized carbons (Fsp3) is 0.333. The second kappa shape index (κ2) is 29.7. The van der Waals surface area contributed by atoms with E-state index in [4.69, 9.17) is 37.9 Å². The van der Waals surface area contributed by atoms with Crippen molar-refractivity contribution < 1.29 is 66.7 Å². The monoisotopic (exact) mass is 1050 g/mol. The number of hydrogen-bond acceptors (Lipinski definition) is 14. The third-order valence-electron chi connectivity index (χ3n) is 12.6. The molecule has 2 atom stereocenters. The molecule has 14 heteroatoms. The summed E-state index contributed by atoms with van der Waals surface area (Å²) in [5.41, 5.74) is 4.53. The van der Waals surface area contributed by atoms with Crippen LogP contribution < -0.4 is 28.4 Å². The number of carbonyl (C=O) groups excluding carboxylic acids is 6. The molecule has 0 spiro atoms. The third kappa shape index (κ3) is 17.9. The Labute approximate surface area is 450 Å². The minimum Gasteiger partial charge on any atom is -0.493 e. The van der Waals surface area contributed by atoms with Crippen LogP contribution in [-0.4, -0.2) is 62.2 Å². The van der Waals surface area contributed by atoms with Gasteiger partial charge in [0, 0.05) is 0 Å². The lowest BCUT2D eigenvalue weighted by atomic mass is 10.0. The molecule has 0 aromatic heterocycles. The molecule has 0 fully saturated rings. The molecule has 0 N–H and O–H groups in total. The highest BCUT2D eigenvalue weighted by molar-refractivity contribution is 5.96. The minimum absolute atomic E-state index is 0.0271. The highest BCUT2D eigenvalue weighted by Gasteiger charge is 2.22. The van der Waals surface area contributed by atoms with Gasteiger partial charge in [0.2, 0.25) is 0 Å². The second-order valence-electron chi connectivity index (χ2n) is 18.7. The predicted molar refractivity (Wildman–Crippen MR) is 292 cm³/mol. The van der Waals surface area contributed by atoms with E-state index < -0.39 is 30.3 Å². The second-order valence-corrected chi connectivity index (χ2v) is 18.7. The Morgan fingerprint density at radius 3 is 1.03 bits per heavy atom. The van der Waals surface area contributed by atoms with Gasteiger partial charge in [-0.2, -0.15) is 0 Å². The van der Waals surface area contributed by atoms with Crippen LogP contribution in [0.3, 0.4) is 0 Å². The fourth-order valence-electron chi connectivity index (χ4n) is 8.24. The predicted octanol–water partition coefficient (Wildman–Crippen LogP) is 14.2. The summed E-state index contributed by atoms with van der Waals surface area (Å²) in [6, 6.07) is 36.1. The van der Waals surface area contributed by atoms with Gasteiger partial charge in [-0.3, -0.25) is 9.59 Å². The molecule has 0 saturated carbocycles. The molecule has 0 heterocycles. The molecule has 6 aromatic carbocycles. The molecule has 404 valence electrons. The summed E-state index contributed by atoms with van der Waals surface area (Å²) in [5, 5.41) is 0. The van der Waals surface area contributed by atoms with Gasteiger partial charge in [-0.15, -0.1) is 0 Å². The van der Waals surface area contributed by atoms with Crippen LogP contribution >= 0.6 is 0 Å². The van der Waals surface area contributed by atoms with Gasteiger partial charge < -0.3 is 37.9 Å². The molecule has 6 rings (SSSR count). The Morgan fingerprint density at radius 1 is 0.364 bits per heavy atom. The summed E-state index contributed by atoms with van der Waals surface area (Å²) >= 11 is 0. The molecule has 2 unspecified atom stereocenters. The van der Waals surface area contributed by atoms with Crippen molar-refractivity contribution in [3.8, 4) is 56.8 Å². The van der Waals surface area contributed by atoms with Gasteiger partial charge in [0.05, 0.1) is 48.7 Å². The number of unbranched alkanes of at least 4 members (excludes halogenated alkanes) is 8. The molecule has 0 radical (unpaired) electrons. The van der Waals surface area contributed by atoms with Crippen LogP contribution in [0.1, 0.15) is 153 Å². The van der Waals surface area contributed by atoms with E-state index in [2.05, 4.69) is 13.8 Å². The summed E-state index contributed by atoms with van der Waals surface area (Å²) in [7, 11) is 2.65. The van der Waals surface area contributed by atoms with Crippen molar-refractivity contribution in [3.63, 3.8) is 0 Å². The number of rotatable bonds is 28. The summed E-state index contributed by atoms with van der Waals surface area (Å²) < 4.78 is 44.0. The molecule has 0 aliphatic heterocycles. The van der Waals surface area contributed by atoms with Crippen molar-refractivity contribution >= 4 is 35.8 Å². The van der Waals surface area contributed by atoms with Crippen LogP contribution in [0, 0.1) is 0 Å². The molecular weight excluding hydrogens is 981 g/mol. The number of ether oxygens (including phenoxy) is 8. The number of methoxy groups -OCH3 is 2. The van der Waals surface area contributed by atoms with Gasteiger partial charge in [0.15, 0.2) is 23.0 Å². The van der Waals surface area contributed by atoms with E-state index >= 15 is 0 Å². The maximum atomic E-state index is 13.2. The average molecular weight is 1050 g/mol. The molecule has 14 nitrogen and oxygen atoms in total. The first-order valence-corrected chi connectivity index (χ1v) is 26.3. The summed E-state index contributed by atoms with van der Waals surface area (Å²) in [5.74, 6) is -3.60. The van der Waals surface area contributed by atoms with Crippen LogP contribution in [0.25, 0.3) is 22.3 Å². The minimum atomic E-state index is -0.980. The van der Waals surface area contributed by atoms with E-state index in [0.717, 1.165) is 60.8 Å². The van der Waals surface area contributed by atoms with Gasteiger partial charge in [-0.1, -0.05) is 114 Å². The Kier molecular flexibility index (Phi) is 22.4. The largest absolute Gasteiger partial charge is 0.493 e. The number of carbonyl (C=O) groups is 6. The molecule has 0 aliphatic carbocycles. The zero-order valence-electron chi connectivity index (χ0n) is 44.8. The summed E-state index contributed by atoms with van der Waals surface area (Å²) in [6.45, 7) is 8.20. The lowest BCUT2D eigenvalue weighted by Gasteiger charge is -2.13. The summed E-state index contributed by atoms with van der Waals surface area (Å²) in [6.07, 6.45) is 12.1. The zero-order chi connectivity index (χ0) is 55.1. The van der Waals surface area contributed by atoms with Crippen LogP contribution in [0.4, 0.5) is 0 Å². The molecule has 6 aromatic rings. The van der Waals surface area contributed by atoms with E-state index in [-0.39, 0.29) is 69.8 Å². The maximum Gasteiger partial charge on any atom is 0.343 e. The Bertz CT molecular complexity index is 2710. The van der Waals surface area contributed by atoms with Crippen molar-refractivity contribution in [2.75, 3.05) is 14.2 Å². The highest BCUT2D eigenvalue weighted by atomic mass is 16.6. The van der Waals surface area contributed by atoms with E-state index in [0.29, 0.717) is 11.1 Å². The van der Waals surface area contributed by atoms with E-state index in [1.807, 2.05) is 38.1 Å². The van der Waals surface area contributed by atoms with E-state index in [1.165, 1.54) is 89.1 Å². The molecule has 0 amide bonds. The quantitative estimate of drug-likeness (QED) is 0.0196. The third-order valence-corrected chi connectivity index (χ3v) is 12.6. The van der Waals surface area contributed by atoms with Crippen LogP contribution in [0.15, 0.2) is 133 Å². The van der Waals surface area contributed by atoms with Gasteiger partial charge in [0.25, 0.3) is 0 Å². The SMILES string of the molecule is CCCCCCCC(C)OC(=O)c1ccc(-c2ccc(OC(=O)c3ccc(OC(=O)CC(=O)Oc4ccc(C(=O)Oc5ccc(-c6ccc(C(=O)OC(C)CCCCCCC)cc6)cc5)cc4OC)c(OC)c3)cc2)cc1. The van der Waals surface area contributed by atoms with Crippen molar-refractivity contribution in [3.05, 3.63) is 156 Å². The van der Waals surface area contributed by atoms with Gasteiger partial charge in [-0.25, -0.2) is 19.2 Å². The molecule has 77 heavy (non-hydrogen) atoms. The highest BCUT2D eigenvalue weighted by Crippen LogP contribution is 2.32. The fourth-order valence-corrected chi connectivity index (χ4v) is 8.24. The Morgan fingerprint density at radius 2 is 0.688 bits per heavy atom. The number of hydrogen-bond donors (Lipinski definition) is 0. The standard InChI is InChI=1S/C63H68O14/c1-7-9-11-13-15-17-42(3)72-60(66)48-23-19-44(20-24-48)46-27-33-52(34-28-46)74-62(68)50-31-37-54(56(39-50)70-5)76-58(64)41-59(65)77-55-38-32-51(40-57(55)71-6)63(69)75-53-35-29-47(30-36-53)45-21-25-49(26-22-45)61(67)73-43(4)18-16-14-12-10-8-2/h19-40,42-43H,7-18,41H2,1-6H3. The van der Waals surface area contributed by atoms with Crippen LogP contribution in [0.5, 0.6) is 34.5 Å². The molecule has 0 aliphatic rings. The van der Waals surface area contributed by atoms with Crippen molar-refractivity contribution in [1.82, 2.24) is 0 Å². The topological polar surface area (TPSA) is 176 Å². The van der Waals surface area contributed by atoms with Crippen LogP contribution in [-0.2, 0) is 19.1 Å². The van der Waals surface area contributed by atoms with Crippen molar-refractivity contribution in [2.24, 2.45) is 0 Å². The van der Waals surface area contributed by atoms with Gasteiger partial charge >= 0.3 is 35.8 Å². The normalized spacial score (nSPS) is 11.6. The molecule has 0 bridgehead atoms. The Hall–Kier alpha value is -8.26. The van der Waals surface area contributed by atoms with Gasteiger partial charge in [0.1, 0.15) is 17.9 Å². The van der Waals surface area contributed by atoms with Crippen LogP contribution in [0.2, 0.25) is 0 Å². The smallest absolute Gasteiger partial charge is 0.343 e. The van der Waals surface area contributed by atoms with E-state index in [9.17, 15) is 28.8 Å². The van der Waals surface area contributed by atoms with Crippen molar-refractivity contribution in [1.29, 1.82) is 0 Å². The van der Waals surface area contributed by atoms with E-state index in [1.54, 1.807) is 72.8 Å². The first-order chi connectivity index (χ1) is 37.3. The lowest BCUT2D eigenvalue weighted by Crippen LogP contribution is -2.19. The number of esters is 6. The summed E-state index contributed by atoms with van der Waals surface area (Å²) in [4.78, 5) is 77.5. The van der Waals surface area contributed by atoms with Crippen molar-refractivity contribution in [2.45, 2.75) is 123 Å². The maximum absolute atomic E-state index is 13.2. The zero-order valence-corrected chi connectivity index (χ0v) is 44.8. The average Bonchev–Trinajstić information content (AvgIpc) is 3.43. The van der Waals surface area contributed by atoms with Gasteiger partial charge in [-0.05, 0) is 147 Å². The first kappa shape index (κ1) is 58.0. The molecule has 0 saturated heterocycles. The Balaban J connectivity index is 0.946.